The van der Waals surface area contributed by atoms with Crippen molar-refractivity contribution in [2.45, 2.75) is 5.41 Å². The third-order valence-electron chi connectivity index (χ3n) is 13.3. The smallest absolute Gasteiger partial charge is 0.0726 e. The Hall–Kier alpha value is -7.52. The van der Waals surface area contributed by atoms with Gasteiger partial charge in [-0.1, -0.05) is 188 Å². The predicted octanol–water partition coefficient (Wildman–Crippen LogP) is 16.4. The normalized spacial score (nSPS) is 13.0. The predicted molar refractivity (Wildman–Crippen MR) is 259 cm³/mol. The van der Waals surface area contributed by atoms with Crippen molar-refractivity contribution < 1.29 is 0 Å². The fraction of sp³-hybridized carbons (Fsp3) is 0.0169. The van der Waals surface area contributed by atoms with Crippen LogP contribution >= 0.6 is 11.3 Å². The molecule has 284 valence electrons. The third kappa shape index (κ3) is 4.88. The molecule has 0 N–H and O–H groups in total. The molecule has 1 heterocycles. The quantitative estimate of drug-likeness (QED) is 0.168. The van der Waals surface area contributed by atoms with Gasteiger partial charge in [0, 0.05) is 37.0 Å². The maximum atomic E-state index is 2.53. The first-order chi connectivity index (χ1) is 30.3. The number of anilines is 3. The number of rotatable bonds is 5. The molecule has 0 radical (unpaired) electrons. The van der Waals surface area contributed by atoms with E-state index in [1.807, 2.05) is 11.3 Å². The zero-order valence-corrected chi connectivity index (χ0v) is 34.0. The van der Waals surface area contributed by atoms with Crippen LogP contribution in [0.15, 0.2) is 224 Å². The zero-order chi connectivity index (χ0) is 40.1. The lowest BCUT2D eigenvalue weighted by atomic mass is 9.70. The summed E-state index contributed by atoms with van der Waals surface area (Å²) in [6.45, 7) is 0. The molecule has 0 bridgehead atoms. The Kier molecular flexibility index (Phi) is 7.46. The third-order valence-corrected chi connectivity index (χ3v) is 14.4. The number of fused-ring (bicyclic) bond motifs is 14. The summed E-state index contributed by atoms with van der Waals surface area (Å²) in [7, 11) is 0. The standard InChI is InChI=1S/C59H37NS/c1-2-17-42-38(15-1)16-13-23-43(42)39-31-34-41(35-32-39)60(54-28-11-6-18-44(54)40-33-36-48-47-21-7-12-30-56(47)61-57(48)37-40)55-29-14-27-53-58(55)49-22-5-10-26-52(49)59(53)50-24-8-3-19-45(50)46-20-4-9-25-51(46)59/h1-37H. The van der Waals surface area contributed by atoms with Crippen molar-refractivity contribution in [2.24, 2.45) is 0 Å². The fourth-order valence-electron chi connectivity index (χ4n) is 10.8. The van der Waals surface area contributed by atoms with Crippen LogP contribution in [0.5, 0.6) is 0 Å². The van der Waals surface area contributed by atoms with Crippen LogP contribution in [0, 0.1) is 0 Å². The van der Waals surface area contributed by atoms with Crippen molar-refractivity contribution in [3.05, 3.63) is 247 Å². The van der Waals surface area contributed by atoms with Gasteiger partial charge >= 0.3 is 0 Å². The highest BCUT2D eigenvalue weighted by Gasteiger charge is 2.52. The zero-order valence-electron chi connectivity index (χ0n) is 33.2. The highest BCUT2D eigenvalue weighted by molar-refractivity contribution is 7.25. The Labute approximate surface area is 359 Å². The summed E-state index contributed by atoms with van der Waals surface area (Å²) in [6.07, 6.45) is 0. The molecule has 13 rings (SSSR count). The molecule has 2 aliphatic rings. The first-order valence-electron chi connectivity index (χ1n) is 21.1. The number of hydrogen-bond acceptors (Lipinski definition) is 2. The highest BCUT2D eigenvalue weighted by atomic mass is 32.1. The van der Waals surface area contributed by atoms with Gasteiger partial charge < -0.3 is 4.90 Å². The van der Waals surface area contributed by atoms with Crippen molar-refractivity contribution in [2.75, 3.05) is 4.90 Å². The van der Waals surface area contributed by atoms with E-state index in [0.717, 1.165) is 17.1 Å². The molecule has 2 aliphatic carbocycles. The highest BCUT2D eigenvalue weighted by Crippen LogP contribution is 2.64. The summed E-state index contributed by atoms with van der Waals surface area (Å²) < 4.78 is 2.62. The average Bonchev–Trinajstić information content (AvgIpc) is 3.96. The second kappa shape index (κ2) is 13.2. The van der Waals surface area contributed by atoms with E-state index in [9.17, 15) is 0 Å². The van der Waals surface area contributed by atoms with Crippen molar-refractivity contribution in [3.8, 4) is 44.5 Å². The van der Waals surface area contributed by atoms with Crippen LogP contribution in [0.25, 0.3) is 75.5 Å². The molecular weight excluding hydrogens is 755 g/mol. The number of para-hydroxylation sites is 1. The van der Waals surface area contributed by atoms with Crippen LogP contribution in [-0.4, -0.2) is 0 Å². The van der Waals surface area contributed by atoms with E-state index in [0.29, 0.717) is 0 Å². The summed E-state index contributed by atoms with van der Waals surface area (Å²) in [6, 6.07) is 83.6. The van der Waals surface area contributed by atoms with Crippen LogP contribution in [0.3, 0.4) is 0 Å². The van der Waals surface area contributed by atoms with E-state index in [1.165, 1.54) is 97.7 Å². The van der Waals surface area contributed by atoms with Gasteiger partial charge in [-0.05, 0) is 103 Å². The maximum Gasteiger partial charge on any atom is 0.0726 e. The molecular formula is C59H37NS. The topological polar surface area (TPSA) is 3.24 Å². The summed E-state index contributed by atoms with van der Waals surface area (Å²) >= 11 is 1.87. The lowest BCUT2D eigenvalue weighted by molar-refractivity contribution is 0.794. The van der Waals surface area contributed by atoms with Gasteiger partial charge in [-0.3, -0.25) is 0 Å². The minimum absolute atomic E-state index is 0.440. The average molecular weight is 792 g/mol. The van der Waals surface area contributed by atoms with Crippen LogP contribution in [0.2, 0.25) is 0 Å². The minimum atomic E-state index is -0.440. The summed E-state index contributed by atoms with van der Waals surface area (Å²) in [4.78, 5) is 2.53. The number of hydrogen-bond donors (Lipinski definition) is 0. The Morgan fingerprint density at radius 2 is 0.852 bits per heavy atom. The van der Waals surface area contributed by atoms with E-state index in [1.54, 1.807) is 0 Å². The Balaban J connectivity index is 1.07. The van der Waals surface area contributed by atoms with Crippen molar-refractivity contribution >= 4 is 59.3 Å². The molecule has 61 heavy (non-hydrogen) atoms. The molecule has 0 amide bonds. The minimum Gasteiger partial charge on any atom is -0.309 e. The summed E-state index contributed by atoms with van der Waals surface area (Å²) in [5, 5.41) is 5.13. The van der Waals surface area contributed by atoms with Crippen LogP contribution < -0.4 is 4.90 Å². The summed E-state index contributed by atoms with van der Waals surface area (Å²) in [5.41, 5.74) is 18.3. The molecule has 0 aliphatic heterocycles. The number of benzene rings is 10. The van der Waals surface area contributed by atoms with Gasteiger partial charge in [-0.25, -0.2) is 0 Å². The molecule has 1 spiro atoms. The molecule has 0 fully saturated rings. The van der Waals surface area contributed by atoms with Gasteiger partial charge in [0.2, 0.25) is 0 Å². The molecule has 1 aromatic heterocycles. The second-order valence-corrected chi connectivity index (χ2v) is 17.4. The van der Waals surface area contributed by atoms with E-state index < -0.39 is 5.41 Å². The SMILES string of the molecule is c1ccc(N(c2ccc(-c3cccc4ccccc34)cc2)c2cccc3c2-c2ccccc2C32c3ccccc3-c3ccccc32)c(-c2ccc3c(c2)sc2ccccc23)c1. The lowest BCUT2D eigenvalue weighted by Gasteiger charge is -2.32. The fourth-order valence-corrected chi connectivity index (χ4v) is 11.9. The number of thiophene rings is 1. The van der Waals surface area contributed by atoms with E-state index in [4.69, 9.17) is 0 Å². The second-order valence-electron chi connectivity index (χ2n) is 16.3. The van der Waals surface area contributed by atoms with E-state index in [-0.39, 0.29) is 0 Å². The molecule has 0 unspecified atom stereocenters. The van der Waals surface area contributed by atoms with Crippen molar-refractivity contribution in [3.63, 3.8) is 0 Å². The van der Waals surface area contributed by atoms with Gasteiger partial charge in [-0.2, -0.15) is 0 Å². The largest absolute Gasteiger partial charge is 0.309 e. The van der Waals surface area contributed by atoms with E-state index >= 15 is 0 Å². The van der Waals surface area contributed by atoms with Gasteiger partial charge in [0.15, 0.2) is 0 Å². The molecule has 10 aromatic carbocycles. The molecule has 0 atom stereocenters. The van der Waals surface area contributed by atoms with Gasteiger partial charge in [0.1, 0.15) is 0 Å². The van der Waals surface area contributed by atoms with Crippen LogP contribution in [-0.2, 0) is 5.41 Å². The molecule has 2 heteroatoms. The lowest BCUT2D eigenvalue weighted by Crippen LogP contribution is -2.26. The Morgan fingerprint density at radius 1 is 0.328 bits per heavy atom. The monoisotopic (exact) mass is 791 g/mol. The first-order valence-corrected chi connectivity index (χ1v) is 21.9. The van der Waals surface area contributed by atoms with Crippen LogP contribution in [0.1, 0.15) is 22.3 Å². The first kappa shape index (κ1) is 34.4. The van der Waals surface area contributed by atoms with Crippen LogP contribution in [0.4, 0.5) is 17.1 Å². The van der Waals surface area contributed by atoms with Gasteiger partial charge in [0.05, 0.1) is 16.8 Å². The Bertz CT molecular complexity index is 3500. The molecule has 11 aromatic rings. The van der Waals surface area contributed by atoms with Crippen molar-refractivity contribution in [1.82, 2.24) is 0 Å². The molecule has 0 saturated carbocycles. The van der Waals surface area contributed by atoms with Gasteiger partial charge in [0.25, 0.3) is 0 Å². The molecule has 1 nitrogen and oxygen atoms in total. The summed E-state index contributed by atoms with van der Waals surface area (Å²) in [5.74, 6) is 0. The molecule has 0 saturated heterocycles. The van der Waals surface area contributed by atoms with Crippen molar-refractivity contribution in [1.29, 1.82) is 0 Å². The van der Waals surface area contributed by atoms with Gasteiger partial charge in [-0.15, -0.1) is 11.3 Å². The maximum absolute atomic E-state index is 2.53. The Morgan fingerprint density at radius 3 is 1.64 bits per heavy atom. The van der Waals surface area contributed by atoms with E-state index in [2.05, 4.69) is 229 Å². The number of nitrogens with zero attached hydrogens (tertiary/aromatic N) is 1.